The van der Waals surface area contributed by atoms with Gasteiger partial charge in [-0.05, 0) is 25.1 Å². The number of rotatable bonds is 3. The fourth-order valence-corrected chi connectivity index (χ4v) is 1.39. The molecule has 3 nitrogen and oxygen atoms in total. The molecule has 0 spiro atoms. The van der Waals surface area contributed by atoms with Crippen LogP contribution < -0.4 is 4.90 Å². The van der Waals surface area contributed by atoms with Gasteiger partial charge >= 0.3 is 0 Å². The summed E-state index contributed by atoms with van der Waals surface area (Å²) in [6.07, 6.45) is 0. The van der Waals surface area contributed by atoms with Crippen LogP contribution in [0.2, 0.25) is 0 Å². The lowest BCUT2D eigenvalue weighted by atomic mass is 10.1. The monoisotopic (exact) mass is 217 g/mol. The van der Waals surface area contributed by atoms with E-state index in [4.69, 9.17) is 10.5 Å². The molecule has 0 aliphatic carbocycles. The van der Waals surface area contributed by atoms with E-state index in [1.807, 2.05) is 0 Å². The average molecular weight is 217 g/mol. The lowest BCUT2D eigenvalue weighted by Crippen LogP contribution is -2.23. The van der Waals surface area contributed by atoms with Crippen molar-refractivity contribution in [3.05, 3.63) is 29.6 Å². The largest absolute Gasteiger partial charge is 0.373 e. The van der Waals surface area contributed by atoms with Crippen molar-refractivity contribution >= 4 is 5.69 Å². The van der Waals surface area contributed by atoms with Crippen molar-refractivity contribution < 1.29 is 4.39 Å². The second-order valence-corrected chi connectivity index (χ2v) is 3.69. The van der Waals surface area contributed by atoms with Crippen LogP contribution in [0.15, 0.2) is 18.2 Å². The zero-order valence-electron chi connectivity index (χ0n) is 9.24. The molecule has 16 heavy (non-hydrogen) atoms. The number of hydrogen-bond donors (Lipinski definition) is 0. The van der Waals surface area contributed by atoms with Crippen molar-refractivity contribution in [1.29, 1.82) is 10.5 Å². The Kier molecular flexibility index (Phi) is 3.85. The molecule has 0 amide bonds. The predicted octanol–water partition coefficient (Wildman–Crippen LogP) is 2.29. The van der Waals surface area contributed by atoms with Crippen molar-refractivity contribution in [2.24, 2.45) is 5.92 Å². The Morgan fingerprint density at radius 3 is 2.62 bits per heavy atom. The minimum atomic E-state index is -0.531. The van der Waals surface area contributed by atoms with Gasteiger partial charge in [-0.1, -0.05) is 0 Å². The summed E-state index contributed by atoms with van der Waals surface area (Å²) in [7, 11) is 1.79. The summed E-state index contributed by atoms with van der Waals surface area (Å²) in [5.74, 6) is -0.653. The first-order chi connectivity index (χ1) is 7.58. The van der Waals surface area contributed by atoms with Crippen LogP contribution in [0.1, 0.15) is 12.5 Å². The molecule has 0 saturated carbocycles. The lowest BCUT2D eigenvalue weighted by Gasteiger charge is -2.20. The Bertz CT molecular complexity index is 456. The van der Waals surface area contributed by atoms with Gasteiger partial charge in [0, 0.05) is 19.3 Å². The molecule has 1 unspecified atom stereocenters. The molecular weight excluding hydrogens is 205 g/mol. The Labute approximate surface area is 94.3 Å². The molecule has 0 aromatic heterocycles. The van der Waals surface area contributed by atoms with E-state index in [2.05, 4.69) is 6.07 Å². The van der Waals surface area contributed by atoms with Crippen LogP contribution in [0, 0.1) is 34.4 Å². The topological polar surface area (TPSA) is 50.8 Å². The first kappa shape index (κ1) is 12.0. The minimum Gasteiger partial charge on any atom is -0.373 e. The minimum absolute atomic E-state index is 0.0329. The molecule has 0 saturated heterocycles. The Hall–Kier alpha value is -2.07. The number of halogens is 1. The summed E-state index contributed by atoms with van der Waals surface area (Å²) in [5.41, 5.74) is 0.698. The van der Waals surface area contributed by atoms with Crippen molar-refractivity contribution in [1.82, 2.24) is 0 Å². The molecule has 0 radical (unpaired) electrons. The molecule has 0 aliphatic heterocycles. The third-order valence-corrected chi connectivity index (χ3v) is 2.28. The SMILES string of the molecule is CC(C#N)CN(C)c1ccc(C#N)c(F)c1. The quantitative estimate of drug-likeness (QED) is 0.780. The lowest BCUT2D eigenvalue weighted by molar-refractivity contribution is 0.622. The second-order valence-electron chi connectivity index (χ2n) is 3.69. The van der Waals surface area contributed by atoms with Crippen LogP contribution in [-0.2, 0) is 0 Å². The number of benzene rings is 1. The van der Waals surface area contributed by atoms with Crippen LogP contribution >= 0.6 is 0 Å². The Morgan fingerprint density at radius 1 is 1.44 bits per heavy atom. The summed E-state index contributed by atoms with van der Waals surface area (Å²) in [4.78, 5) is 1.79. The highest BCUT2D eigenvalue weighted by molar-refractivity contribution is 5.50. The maximum Gasteiger partial charge on any atom is 0.143 e. The normalized spacial score (nSPS) is 11.3. The predicted molar refractivity (Wildman–Crippen MR) is 59.2 cm³/mol. The van der Waals surface area contributed by atoms with Gasteiger partial charge in [0.1, 0.15) is 11.9 Å². The molecule has 1 atom stereocenters. The molecule has 1 aromatic rings. The van der Waals surface area contributed by atoms with Crippen molar-refractivity contribution in [3.8, 4) is 12.1 Å². The zero-order valence-corrected chi connectivity index (χ0v) is 9.24. The van der Waals surface area contributed by atoms with E-state index in [0.717, 1.165) is 0 Å². The summed E-state index contributed by atoms with van der Waals surface area (Å²) in [6.45, 7) is 2.33. The highest BCUT2D eigenvalue weighted by atomic mass is 19.1. The smallest absolute Gasteiger partial charge is 0.143 e. The van der Waals surface area contributed by atoms with E-state index in [9.17, 15) is 4.39 Å². The van der Waals surface area contributed by atoms with Gasteiger partial charge in [0.2, 0.25) is 0 Å². The number of nitrogens with zero attached hydrogens (tertiary/aromatic N) is 3. The standard InChI is InChI=1S/C12H12FN3/c1-9(6-14)8-16(2)11-4-3-10(7-15)12(13)5-11/h3-5,9H,8H2,1-2H3. The molecule has 1 rings (SSSR count). The summed E-state index contributed by atoms with van der Waals surface area (Å²) in [6, 6.07) is 8.31. The van der Waals surface area contributed by atoms with Gasteiger partial charge < -0.3 is 4.90 Å². The van der Waals surface area contributed by atoms with E-state index in [0.29, 0.717) is 12.2 Å². The third kappa shape index (κ3) is 2.71. The first-order valence-electron chi connectivity index (χ1n) is 4.89. The molecular formula is C12H12FN3. The van der Waals surface area contributed by atoms with Gasteiger partial charge in [0.15, 0.2) is 0 Å². The Balaban J connectivity index is 2.86. The number of hydrogen-bond acceptors (Lipinski definition) is 3. The van der Waals surface area contributed by atoms with Crippen LogP contribution in [0.25, 0.3) is 0 Å². The van der Waals surface area contributed by atoms with Gasteiger partial charge in [-0.3, -0.25) is 0 Å². The summed E-state index contributed by atoms with van der Waals surface area (Å²) in [5, 5.41) is 17.3. The van der Waals surface area contributed by atoms with Crippen LogP contribution in [-0.4, -0.2) is 13.6 Å². The fraction of sp³-hybridized carbons (Fsp3) is 0.333. The van der Waals surface area contributed by atoms with Gasteiger partial charge in [-0.15, -0.1) is 0 Å². The molecule has 4 heteroatoms. The second kappa shape index (κ2) is 5.14. The van der Waals surface area contributed by atoms with E-state index in [-0.39, 0.29) is 11.5 Å². The summed E-state index contributed by atoms with van der Waals surface area (Å²) < 4.78 is 13.3. The average Bonchev–Trinajstić information content (AvgIpc) is 2.28. The van der Waals surface area contributed by atoms with Crippen molar-refractivity contribution in [2.45, 2.75) is 6.92 Å². The molecule has 0 N–H and O–H groups in total. The van der Waals surface area contributed by atoms with Gasteiger partial charge in [-0.2, -0.15) is 10.5 Å². The van der Waals surface area contributed by atoms with Gasteiger partial charge in [0.25, 0.3) is 0 Å². The summed E-state index contributed by atoms with van der Waals surface area (Å²) >= 11 is 0. The van der Waals surface area contributed by atoms with Crippen LogP contribution in [0.4, 0.5) is 10.1 Å². The van der Waals surface area contributed by atoms with Crippen LogP contribution in [0.5, 0.6) is 0 Å². The zero-order chi connectivity index (χ0) is 12.1. The maximum atomic E-state index is 13.3. The highest BCUT2D eigenvalue weighted by Gasteiger charge is 2.09. The van der Waals surface area contributed by atoms with E-state index in [1.54, 1.807) is 31.0 Å². The van der Waals surface area contributed by atoms with Crippen molar-refractivity contribution in [2.75, 3.05) is 18.5 Å². The molecule has 0 fully saturated rings. The van der Waals surface area contributed by atoms with E-state index >= 15 is 0 Å². The fourth-order valence-electron chi connectivity index (χ4n) is 1.39. The molecule has 0 heterocycles. The van der Waals surface area contributed by atoms with Crippen molar-refractivity contribution in [3.63, 3.8) is 0 Å². The molecule has 82 valence electrons. The third-order valence-electron chi connectivity index (χ3n) is 2.28. The van der Waals surface area contributed by atoms with Crippen LogP contribution in [0.3, 0.4) is 0 Å². The number of nitriles is 2. The molecule has 0 aliphatic rings. The first-order valence-corrected chi connectivity index (χ1v) is 4.89. The van der Waals surface area contributed by atoms with Gasteiger partial charge in [0.05, 0.1) is 17.6 Å². The highest BCUT2D eigenvalue weighted by Crippen LogP contribution is 2.17. The van der Waals surface area contributed by atoms with E-state index in [1.165, 1.54) is 12.1 Å². The van der Waals surface area contributed by atoms with Gasteiger partial charge in [-0.25, -0.2) is 4.39 Å². The Morgan fingerprint density at radius 2 is 2.12 bits per heavy atom. The van der Waals surface area contributed by atoms with E-state index < -0.39 is 5.82 Å². The number of anilines is 1. The maximum absolute atomic E-state index is 13.3. The molecule has 1 aromatic carbocycles. The molecule has 0 bridgehead atoms.